The smallest absolute Gasteiger partial charge is 0.0266 e. The Morgan fingerprint density at radius 3 is 2.00 bits per heavy atom. The Morgan fingerprint density at radius 1 is 1.20 bits per heavy atom. The normalized spacial score (nSPS) is 11.8. The first-order valence-electron chi connectivity index (χ1n) is 3.11. The van der Waals surface area contributed by atoms with Gasteiger partial charge in [0.2, 0.25) is 0 Å². The summed E-state index contributed by atoms with van der Waals surface area (Å²) in [5.41, 5.74) is 6.81. The van der Waals surface area contributed by atoms with Crippen LogP contribution in [-0.2, 0) is 0 Å². The molecule has 1 aromatic carbocycles. The summed E-state index contributed by atoms with van der Waals surface area (Å²) in [6, 6.07) is 10.2. The molecule has 0 saturated carbocycles. The average Bonchev–Trinajstić information content (AvgIpc) is 1.90. The second-order valence-electron chi connectivity index (χ2n) is 2.20. The number of benzene rings is 1. The predicted molar refractivity (Wildman–Crippen MR) is 41.5 cm³/mol. The van der Waals surface area contributed by atoms with Crippen LogP contribution in [0, 0.1) is 0 Å². The summed E-state index contributed by atoms with van der Waals surface area (Å²) in [6.45, 7) is 1.98. The van der Waals surface area contributed by atoms with Gasteiger partial charge >= 0.3 is 0 Å². The molecule has 0 aliphatic carbocycles. The maximum absolute atomic E-state index is 5.61. The molecule has 1 aromatic rings. The van der Waals surface area contributed by atoms with Crippen molar-refractivity contribution in [2.45, 2.75) is 13.0 Å². The van der Waals surface area contributed by atoms with Gasteiger partial charge in [0.1, 0.15) is 0 Å². The highest BCUT2D eigenvalue weighted by Gasteiger charge is 1.93. The zero-order valence-corrected chi connectivity index (χ0v) is 5.95. The fraction of sp³-hybridized carbons (Fsp3) is 0.250. The van der Waals surface area contributed by atoms with Crippen molar-refractivity contribution in [1.29, 1.82) is 0 Å². The van der Waals surface area contributed by atoms with Crippen molar-refractivity contribution in [1.82, 2.24) is 0 Å². The zero-order chi connectivity index (χ0) is 6.69. The molecule has 1 unspecified atom stereocenters. The van der Waals surface area contributed by atoms with Gasteiger partial charge in [0.15, 0.2) is 0 Å². The van der Waals surface area contributed by atoms with E-state index in [9.17, 15) is 0 Å². The highest BCUT2D eigenvalue weighted by molar-refractivity contribution is 5.17. The second kappa shape index (κ2) is 4.01. The molecule has 0 radical (unpaired) electrons. The predicted octanol–water partition coefficient (Wildman–Crippen LogP) is 1.86. The zero-order valence-electron chi connectivity index (χ0n) is 5.95. The van der Waals surface area contributed by atoms with Gasteiger partial charge in [-0.3, -0.25) is 4.70 Å². The van der Waals surface area contributed by atoms with Crippen LogP contribution in [0.4, 0.5) is 4.70 Å². The first kappa shape index (κ1) is 9.11. The lowest BCUT2D eigenvalue weighted by molar-refractivity contribution is 0.818. The number of rotatable bonds is 1. The van der Waals surface area contributed by atoms with Crippen molar-refractivity contribution in [3.8, 4) is 0 Å². The van der Waals surface area contributed by atoms with Gasteiger partial charge in [-0.05, 0) is 12.5 Å². The highest BCUT2D eigenvalue weighted by Crippen LogP contribution is 2.06. The molecule has 1 nitrogen and oxygen atoms in total. The summed E-state index contributed by atoms with van der Waals surface area (Å²) < 4.78 is 0. The van der Waals surface area contributed by atoms with E-state index in [4.69, 9.17) is 5.73 Å². The molecule has 0 amide bonds. The lowest BCUT2D eigenvalue weighted by atomic mass is 10.1. The maximum atomic E-state index is 5.61. The Kier molecular flexibility index (Phi) is 3.65. The van der Waals surface area contributed by atoms with E-state index in [0.717, 1.165) is 0 Å². The molecule has 0 saturated heterocycles. The van der Waals surface area contributed by atoms with Gasteiger partial charge in [0.05, 0.1) is 0 Å². The van der Waals surface area contributed by atoms with E-state index >= 15 is 0 Å². The van der Waals surface area contributed by atoms with E-state index in [1.165, 1.54) is 5.56 Å². The van der Waals surface area contributed by atoms with Gasteiger partial charge in [-0.1, -0.05) is 30.3 Å². The van der Waals surface area contributed by atoms with Crippen molar-refractivity contribution in [2.24, 2.45) is 5.73 Å². The van der Waals surface area contributed by atoms with E-state index in [-0.39, 0.29) is 10.7 Å². The third-order valence-corrected chi connectivity index (χ3v) is 1.33. The molecule has 1 atom stereocenters. The van der Waals surface area contributed by atoms with Gasteiger partial charge in [-0.15, -0.1) is 0 Å². The van der Waals surface area contributed by atoms with E-state index < -0.39 is 0 Å². The number of nitrogens with two attached hydrogens (primary N) is 1. The van der Waals surface area contributed by atoms with Crippen molar-refractivity contribution >= 4 is 0 Å². The quantitative estimate of drug-likeness (QED) is 0.634. The second-order valence-corrected chi connectivity index (χ2v) is 2.20. The molecule has 1 rings (SSSR count). The van der Waals surface area contributed by atoms with Crippen molar-refractivity contribution in [2.75, 3.05) is 0 Å². The lowest BCUT2D eigenvalue weighted by Crippen LogP contribution is -2.03. The minimum atomic E-state index is 0. The van der Waals surface area contributed by atoms with Crippen LogP contribution >= 0.6 is 0 Å². The Bertz CT molecular complexity index is 172. The molecular formula is C8H12FN. The molecule has 0 heterocycles. The summed E-state index contributed by atoms with van der Waals surface area (Å²) in [5, 5.41) is 0. The van der Waals surface area contributed by atoms with E-state index in [1.807, 2.05) is 37.3 Å². The standard InChI is InChI=1S/C8H11N.FH/c1-7(9)8-5-3-2-4-6-8;/h2-7H,9H2,1H3;1H. The average molecular weight is 141 g/mol. The third kappa shape index (κ3) is 2.15. The van der Waals surface area contributed by atoms with Crippen LogP contribution < -0.4 is 5.73 Å². The third-order valence-electron chi connectivity index (χ3n) is 1.33. The summed E-state index contributed by atoms with van der Waals surface area (Å²) in [4.78, 5) is 0. The minimum absolute atomic E-state index is 0. The van der Waals surface area contributed by atoms with Crippen molar-refractivity contribution < 1.29 is 4.70 Å². The van der Waals surface area contributed by atoms with Crippen LogP contribution in [0.25, 0.3) is 0 Å². The fourth-order valence-electron chi connectivity index (χ4n) is 0.757. The Morgan fingerprint density at radius 2 is 1.70 bits per heavy atom. The molecule has 0 aromatic heterocycles. The maximum Gasteiger partial charge on any atom is 0.0266 e. The molecule has 2 heteroatoms. The van der Waals surface area contributed by atoms with Crippen LogP contribution in [0.1, 0.15) is 18.5 Å². The summed E-state index contributed by atoms with van der Waals surface area (Å²) >= 11 is 0. The number of halogens is 1. The SMILES string of the molecule is CC(N)c1ccccc1.F. The van der Waals surface area contributed by atoms with Crippen LogP contribution in [0.3, 0.4) is 0 Å². The molecule has 2 N–H and O–H groups in total. The first-order valence-corrected chi connectivity index (χ1v) is 3.11. The molecule has 0 fully saturated rings. The molecule has 0 spiro atoms. The monoisotopic (exact) mass is 141 g/mol. The van der Waals surface area contributed by atoms with E-state index in [1.54, 1.807) is 0 Å². The van der Waals surface area contributed by atoms with Crippen molar-refractivity contribution in [3.05, 3.63) is 35.9 Å². The van der Waals surface area contributed by atoms with Gasteiger partial charge in [-0.2, -0.15) is 0 Å². The molecule has 0 bridgehead atoms. The Hall–Kier alpha value is -0.890. The number of hydrogen-bond acceptors (Lipinski definition) is 1. The highest BCUT2D eigenvalue weighted by atomic mass is 19.0. The van der Waals surface area contributed by atoms with Crippen LogP contribution in [0.15, 0.2) is 30.3 Å². The fourth-order valence-corrected chi connectivity index (χ4v) is 0.757. The lowest BCUT2D eigenvalue weighted by Gasteiger charge is -2.02. The van der Waals surface area contributed by atoms with E-state index in [0.29, 0.717) is 0 Å². The van der Waals surface area contributed by atoms with Crippen LogP contribution in [0.2, 0.25) is 0 Å². The summed E-state index contributed by atoms with van der Waals surface area (Å²) in [5.74, 6) is 0. The van der Waals surface area contributed by atoms with E-state index in [2.05, 4.69) is 0 Å². The molecule has 0 aliphatic rings. The topological polar surface area (TPSA) is 26.0 Å². The molecule has 0 aliphatic heterocycles. The van der Waals surface area contributed by atoms with Gasteiger partial charge in [-0.25, -0.2) is 0 Å². The first-order chi connectivity index (χ1) is 4.30. The Labute approximate surface area is 60.2 Å². The van der Waals surface area contributed by atoms with Gasteiger partial charge < -0.3 is 5.73 Å². The molecule has 10 heavy (non-hydrogen) atoms. The minimum Gasteiger partial charge on any atom is -0.324 e. The molecular weight excluding hydrogens is 129 g/mol. The van der Waals surface area contributed by atoms with Crippen LogP contribution in [0.5, 0.6) is 0 Å². The number of hydrogen-bond donors (Lipinski definition) is 1. The molecule has 56 valence electrons. The Balaban J connectivity index is 0.000000810. The van der Waals surface area contributed by atoms with Gasteiger partial charge in [0, 0.05) is 6.04 Å². The van der Waals surface area contributed by atoms with Crippen LogP contribution in [-0.4, -0.2) is 0 Å². The van der Waals surface area contributed by atoms with Crippen molar-refractivity contribution in [3.63, 3.8) is 0 Å². The summed E-state index contributed by atoms with van der Waals surface area (Å²) in [7, 11) is 0. The van der Waals surface area contributed by atoms with Gasteiger partial charge in [0.25, 0.3) is 0 Å². The summed E-state index contributed by atoms with van der Waals surface area (Å²) in [6.07, 6.45) is 0. The largest absolute Gasteiger partial charge is 0.324 e.